The minimum Gasteiger partial charge on any atom is -0.312 e. The smallest absolute Gasteiger partial charge is 0.242 e. The monoisotopic (exact) mass is 330 g/mol. The molecule has 1 atom stereocenters. The van der Waals surface area contributed by atoms with Crippen molar-refractivity contribution in [3.8, 4) is 0 Å². The first-order chi connectivity index (χ1) is 9.95. The second-order valence-corrected chi connectivity index (χ2v) is 8.52. The first kappa shape index (κ1) is 16.9. The van der Waals surface area contributed by atoms with E-state index in [9.17, 15) is 8.42 Å². The van der Waals surface area contributed by atoms with Crippen LogP contribution in [0, 0.1) is 12.8 Å². The minimum atomic E-state index is -3.42. The predicted octanol–water partition coefficient (Wildman–Crippen LogP) is 3.02. The molecule has 4 nitrogen and oxygen atoms in total. The van der Waals surface area contributed by atoms with Crippen LogP contribution >= 0.6 is 11.3 Å². The third kappa shape index (κ3) is 4.06. The van der Waals surface area contributed by atoms with Crippen LogP contribution in [0.15, 0.2) is 10.3 Å². The van der Waals surface area contributed by atoms with Crippen LogP contribution in [0.3, 0.4) is 0 Å². The zero-order valence-corrected chi connectivity index (χ0v) is 14.7. The maximum Gasteiger partial charge on any atom is 0.242 e. The molecule has 0 spiro atoms. The van der Waals surface area contributed by atoms with E-state index in [4.69, 9.17) is 0 Å². The lowest BCUT2D eigenvalue weighted by molar-refractivity contribution is 0.423. The van der Waals surface area contributed by atoms with Gasteiger partial charge in [-0.15, -0.1) is 11.3 Å². The highest BCUT2D eigenvalue weighted by Gasteiger charge is 2.29. The van der Waals surface area contributed by atoms with Crippen molar-refractivity contribution in [3.63, 3.8) is 0 Å². The summed E-state index contributed by atoms with van der Waals surface area (Å²) in [5.74, 6) is 0.482. The quantitative estimate of drug-likeness (QED) is 0.808. The van der Waals surface area contributed by atoms with E-state index in [1.165, 1.54) is 24.2 Å². The lowest BCUT2D eigenvalue weighted by Crippen LogP contribution is -2.37. The van der Waals surface area contributed by atoms with Gasteiger partial charge < -0.3 is 5.32 Å². The molecule has 1 aliphatic rings. The van der Waals surface area contributed by atoms with Crippen molar-refractivity contribution in [3.05, 3.63) is 15.8 Å². The molecule has 0 amide bonds. The first-order valence-electron chi connectivity index (χ1n) is 7.75. The van der Waals surface area contributed by atoms with Gasteiger partial charge in [-0.25, -0.2) is 13.1 Å². The third-order valence-electron chi connectivity index (χ3n) is 4.24. The van der Waals surface area contributed by atoms with E-state index in [2.05, 4.69) is 10.0 Å². The fourth-order valence-electron chi connectivity index (χ4n) is 3.07. The van der Waals surface area contributed by atoms with Gasteiger partial charge >= 0.3 is 0 Å². The SMILES string of the molecule is CCNCc1scc(C)c1S(=O)(=O)NC(C)C1CCCC1. The molecule has 120 valence electrons. The van der Waals surface area contributed by atoms with Gasteiger partial charge in [0.05, 0.1) is 0 Å². The molecular formula is C15H26N2O2S2. The lowest BCUT2D eigenvalue weighted by atomic mass is 10.0. The predicted molar refractivity (Wildman–Crippen MR) is 88.2 cm³/mol. The van der Waals surface area contributed by atoms with Crippen LogP contribution in [0.5, 0.6) is 0 Å². The van der Waals surface area contributed by atoms with Crippen molar-refractivity contribution < 1.29 is 8.42 Å². The molecule has 2 rings (SSSR count). The van der Waals surface area contributed by atoms with E-state index in [0.29, 0.717) is 17.4 Å². The third-order valence-corrected chi connectivity index (χ3v) is 7.26. The van der Waals surface area contributed by atoms with Crippen LogP contribution in [0.25, 0.3) is 0 Å². The largest absolute Gasteiger partial charge is 0.312 e. The average Bonchev–Trinajstić information content (AvgIpc) is 3.05. The van der Waals surface area contributed by atoms with Crippen molar-refractivity contribution in [1.82, 2.24) is 10.0 Å². The molecule has 0 bridgehead atoms. The van der Waals surface area contributed by atoms with Gasteiger partial charge in [0.25, 0.3) is 0 Å². The van der Waals surface area contributed by atoms with Crippen molar-refractivity contribution in [1.29, 1.82) is 0 Å². The zero-order valence-electron chi connectivity index (χ0n) is 13.1. The van der Waals surface area contributed by atoms with E-state index in [1.54, 1.807) is 0 Å². The number of rotatable bonds is 7. The van der Waals surface area contributed by atoms with Gasteiger partial charge in [0.2, 0.25) is 10.0 Å². The van der Waals surface area contributed by atoms with Gasteiger partial charge in [-0.3, -0.25) is 0 Å². The van der Waals surface area contributed by atoms with E-state index in [-0.39, 0.29) is 6.04 Å². The molecule has 1 fully saturated rings. The van der Waals surface area contributed by atoms with E-state index in [0.717, 1.165) is 29.8 Å². The van der Waals surface area contributed by atoms with Crippen molar-refractivity contribution >= 4 is 21.4 Å². The maximum absolute atomic E-state index is 12.7. The topological polar surface area (TPSA) is 58.2 Å². The van der Waals surface area contributed by atoms with Crippen molar-refractivity contribution in [2.24, 2.45) is 5.92 Å². The molecule has 2 N–H and O–H groups in total. The van der Waals surface area contributed by atoms with E-state index in [1.807, 2.05) is 26.2 Å². The summed E-state index contributed by atoms with van der Waals surface area (Å²) < 4.78 is 28.4. The summed E-state index contributed by atoms with van der Waals surface area (Å²) in [6.07, 6.45) is 4.72. The number of thiophene rings is 1. The Bertz CT molecular complexity index is 560. The van der Waals surface area contributed by atoms with Crippen LogP contribution in [0.2, 0.25) is 0 Å². The number of aryl methyl sites for hydroxylation is 1. The summed E-state index contributed by atoms with van der Waals surface area (Å²) in [5.41, 5.74) is 0.846. The fraction of sp³-hybridized carbons (Fsp3) is 0.733. The van der Waals surface area contributed by atoms with E-state index >= 15 is 0 Å². The molecule has 1 aromatic rings. The number of sulfonamides is 1. The number of nitrogens with one attached hydrogen (secondary N) is 2. The molecule has 0 saturated heterocycles. The second-order valence-electron chi connectivity index (χ2n) is 5.91. The highest BCUT2D eigenvalue weighted by atomic mass is 32.2. The molecule has 1 aliphatic carbocycles. The molecule has 0 aromatic carbocycles. The van der Waals surface area contributed by atoms with Crippen molar-refractivity contribution in [2.45, 2.75) is 63.9 Å². The maximum atomic E-state index is 12.7. The second kappa shape index (κ2) is 7.22. The molecule has 6 heteroatoms. The highest BCUT2D eigenvalue weighted by Crippen LogP contribution is 2.30. The Morgan fingerprint density at radius 3 is 2.67 bits per heavy atom. The Morgan fingerprint density at radius 2 is 2.05 bits per heavy atom. The van der Waals surface area contributed by atoms with Crippen LogP contribution < -0.4 is 10.0 Å². The van der Waals surface area contributed by atoms with Crippen LogP contribution in [-0.4, -0.2) is 21.0 Å². The number of hydrogen-bond donors (Lipinski definition) is 2. The Kier molecular flexibility index (Phi) is 5.82. The lowest BCUT2D eigenvalue weighted by Gasteiger charge is -2.20. The molecule has 21 heavy (non-hydrogen) atoms. The van der Waals surface area contributed by atoms with Gasteiger partial charge in [-0.2, -0.15) is 0 Å². The van der Waals surface area contributed by atoms with Crippen LogP contribution in [0.1, 0.15) is 50.0 Å². The molecule has 0 aliphatic heterocycles. The summed E-state index contributed by atoms with van der Waals surface area (Å²) in [5, 5.41) is 5.15. The summed E-state index contributed by atoms with van der Waals surface area (Å²) in [6.45, 7) is 7.35. The zero-order chi connectivity index (χ0) is 15.5. The van der Waals surface area contributed by atoms with Crippen LogP contribution in [0.4, 0.5) is 0 Å². The van der Waals surface area contributed by atoms with Gasteiger partial charge in [0.1, 0.15) is 4.90 Å². The summed E-state index contributed by atoms with van der Waals surface area (Å²) in [7, 11) is -3.42. The molecule has 1 heterocycles. The summed E-state index contributed by atoms with van der Waals surface area (Å²) in [4.78, 5) is 1.39. The fourth-order valence-corrected chi connectivity index (χ4v) is 6.16. The normalized spacial score (nSPS) is 18.2. The Hall–Kier alpha value is -0.430. The summed E-state index contributed by atoms with van der Waals surface area (Å²) >= 11 is 1.52. The summed E-state index contributed by atoms with van der Waals surface area (Å²) in [6, 6.07) is 0.0174. The van der Waals surface area contributed by atoms with Gasteiger partial charge in [0, 0.05) is 17.5 Å². The Morgan fingerprint density at radius 1 is 1.38 bits per heavy atom. The van der Waals surface area contributed by atoms with Gasteiger partial charge in [-0.1, -0.05) is 19.8 Å². The Balaban J connectivity index is 2.16. The molecular weight excluding hydrogens is 304 g/mol. The van der Waals surface area contributed by atoms with Gasteiger partial charge in [0.15, 0.2) is 0 Å². The van der Waals surface area contributed by atoms with E-state index < -0.39 is 10.0 Å². The molecule has 0 radical (unpaired) electrons. The molecule has 1 aromatic heterocycles. The molecule has 1 unspecified atom stereocenters. The molecule has 1 saturated carbocycles. The van der Waals surface area contributed by atoms with Gasteiger partial charge in [-0.05, 0) is 50.1 Å². The van der Waals surface area contributed by atoms with Crippen molar-refractivity contribution in [2.75, 3.05) is 6.54 Å². The Labute approximate surface area is 132 Å². The number of hydrogen-bond acceptors (Lipinski definition) is 4. The standard InChI is InChI=1S/C15H26N2O2S2/c1-4-16-9-14-15(11(2)10-20-14)21(18,19)17-12(3)13-7-5-6-8-13/h10,12-13,16-17H,4-9H2,1-3H3. The average molecular weight is 331 g/mol. The highest BCUT2D eigenvalue weighted by molar-refractivity contribution is 7.89. The first-order valence-corrected chi connectivity index (χ1v) is 10.1. The minimum absolute atomic E-state index is 0.0174. The van der Waals surface area contributed by atoms with Crippen LogP contribution in [-0.2, 0) is 16.6 Å².